The molecular weight excluding hydrogens is 609 g/mol. The molecule has 4 heteroatoms. The molecule has 10 rings (SSSR count). The highest BCUT2D eigenvalue weighted by Crippen LogP contribution is 2.38. The lowest BCUT2D eigenvalue weighted by Gasteiger charge is -2.14. The Morgan fingerprint density at radius 2 is 0.820 bits per heavy atom. The molecule has 50 heavy (non-hydrogen) atoms. The van der Waals surface area contributed by atoms with Crippen molar-refractivity contribution >= 4 is 43.2 Å². The van der Waals surface area contributed by atoms with E-state index >= 15 is 0 Å². The van der Waals surface area contributed by atoms with Crippen LogP contribution >= 0.6 is 0 Å². The van der Waals surface area contributed by atoms with Gasteiger partial charge in [0.1, 0.15) is 0 Å². The highest BCUT2D eigenvalue weighted by Gasteiger charge is 2.16. The quantitative estimate of drug-likeness (QED) is 0.176. The SMILES string of the molecule is c1ccc(-c2nc(-c3ccc(-c4nc(-c5ccccc5)c5ccccc5n4)cc3)cc(-c3cc4ccc5cccc6ccc(c3)c4c56)n2)cc1. The summed E-state index contributed by atoms with van der Waals surface area (Å²) in [4.78, 5) is 20.3. The molecule has 0 N–H and O–H groups in total. The Labute approximate surface area is 288 Å². The Hall–Kier alpha value is -6.78. The number of hydrogen-bond acceptors (Lipinski definition) is 4. The summed E-state index contributed by atoms with van der Waals surface area (Å²) in [5, 5.41) is 8.58. The molecule has 0 saturated heterocycles. The van der Waals surface area contributed by atoms with Gasteiger partial charge in [-0.15, -0.1) is 0 Å². The largest absolute Gasteiger partial charge is 0.228 e. The maximum atomic E-state index is 5.14. The standard InChI is InChI=1S/C46H28N4/c1-3-10-32(11-4-1)44-38-16-7-8-17-39(38)47-46(50-44)34-22-18-29(19-23-34)40-28-41(49-45(48-40)33-12-5-2-6-13-33)37-26-35-24-20-30-14-9-15-31-21-25-36(27-37)43(35)42(30)31/h1-28H. The summed E-state index contributed by atoms with van der Waals surface area (Å²) < 4.78 is 0. The average Bonchev–Trinajstić information content (AvgIpc) is 3.20. The van der Waals surface area contributed by atoms with E-state index in [0.717, 1.165) is 55.8 Å². The summed E-state index contributed by atoms with van der Waals surface area (Å²) in [6, 6.07) is 59.1. The fourth-order valence-electron chi connectivity index (χ4n) is 7.17. The van der Waals surface area contributed by atoms with Crippen LogP contribution in [-0.2, 0) is 0 Å². The number of fused-ring (bicyclic) bond motifs is 1. The van der Waals surface area contributed by atoms with E-state index in [1.807, 2.05) is 54.6 Å². The van der Waals surface area contributed by atoms with Crippen molar-refractivity contribution in [3.05, 3.63) is 170 Å². The average molecular weight is 637 g/mol. The smallest absolute Gasteiger partial charge is 0.160 e. The van der Waals surface area contributed by atoms with E-state index in [1.165, 1.54) is 32.3 Å². The van der Waals surface area contributed by atoms with Gasteiger partial charge in [-0.05, 0) is 56.6 Å². The summed E-state index contributed by atoms with van der Waals surface area (Å²) in [6.07, 6.45) is 0. The van der Waals surface area contributed by atoms with Crippen LogP contribution in [-0.4, -0.2) is 19.9 Å². The molecule has 0 aliphatic rings. The number of rotatable bonds is 5. The molecule has 0 bridgehead atoms. The van der Waals surface area contributed by atoms with Gasteiger partial charge >= 0.3 is 0 Å². The first-order valence-corrected chi connectivity index (χ1v) is 16.8. The summed E-state index contributed by atoms with van der Waals surface area (Å²) >= 11 is 0. The molecule has 2 heterocycles. The first-order chi connectivity index (χ1) is 24.7. The summed E-state index contributed by atoms with van der Waals surface area (Å²) in [7, 11) is 0. The van der Waals surface area contributed by atoms with Crippen LogP contribution in [0.1, 0.15) is 0 Å². The lowest BCUT2D eigenvalue weighted by molar-refractivity contribution is 1.18. The first kappa shape index (κ1) is 28.3. The molecular formula is C46H28N4. The second kappa shape index (κ2) is 11.4. The van der Waals surface area contributed by atoms with Crippen LogP contribution in [0.15, 0.2) is 170 Å². The van der Waals surface area contributed by atoms with Crippen LogP contribution in [0.3, 0.4) is 0 Å². The van der Waals surface area contributed by atoms with Crippen LogP contribution in [0, 0.1) is 0 Å². The molecule has 4 nitrogen and oxygen atoms in total. The summed E-state index contributed by atoms with van der Waals surface area (Å²) in [5.41, 5.74) is 8.63. The zero-order valence-corrected chi connectivity index (χ0v) is 27.0. The van der Waals surface area contributed by atoms with Gasteiger partial charge in [0, 0.05) is 33.2 Å². The maximum absolute atomic E-state index is 5.14. The summed E-state index contributed by atoms with van der Waals surface area (Å²) in [5.74, 6) is 1.38. The third kappa shape index (κ3) is 4.77. The van der Waals surface area contributed by atoms with Crippen LogP contribution in [0.4, 0.5) is 0 Å². The third-order valence-corrected chi connectivity index (χ3v) is 9.61. The molecule has 0 unspecified atom stereocenters. The molecule has 2 aromatic heterocycles. The first-order valence-electron chi connectivity index (χ1n) is 16.8. The van der Waals surface area contributed by atoms with E-state index in [0.29, 0.717) is 11.6 Å². The molecule has 0 fully saturated rings. The molecule has 0 atom stereocenters. The fourth-order valence-corrected chi connectivity index (χ4v) is 7.17. The van der Waals surface area contributed by atoms with Crippen molar-refractivity contribution in [1.82, 2.24) is 19.9 Å². The van der Waals surface area contributed by atoms with Gasteiger partial charge in [0.05, 0.1) is 22.6 Å². The van der Waals surface area contributed by atoms with Gasteiger partial charge in [-0.1, -0.05) is 146 Å². The van der Waals surface area contributed by atoms with Crippen LogP contribution in [0.25, 0.3) is 99.8 Å². The topological polar surface area (TPSA) is 51.6 Å². The molecule has 0 radical (unpaired) electrons. The number of hydrogen-bond donors (Lipinski definition) is 0. The Bertz CT molecular complexity index is 2780. The number of para-hydroxylation sites is 1. The van der Waals surface area contributed by atoms with Crippen molar-refractivity contribution in [2.45, 2.75) is 0 Å². The highest BCUT2D eigenvalue weighted by atomic mass is 14.9. The predicted octanol–water partition coefficient (Wildman–Crippen LogP) is 11.7. The van der Waals surface area contributed by atoms with Gasteiger partial charge in [0.15, 0.2) is 11.6 Å². The highest BCUT2D eigenvalue weighted by molar-refractivity contribution is 6.23. The number of aromatic nitrogens is 4. The number of nitrogens with zero attached hydrogens (tertiary/aromatic N) is 4. The molecule has 0 saturated carbocycles. The monoisotopic (exact) mass is 636 g/mol. The van der Waals surface area contributed by atoms with Gasteiger partial charge in [-0.2, -0.15) is 0 Å². The van der Waals surface area contributed by atoms with Crippen LogP contribution in [0.5, 0.6) is 0 Å². The lowest BCUT2D eigenvalue weighted by atomic mass is 9.92. The van der Waals surface area contributed by atoms with Gasteiger partial charge < -0.3 is 0 Å². The van der Waals surface area contributed by atoms with Crippen LogP contribution in [0.2, 0.25) is 0 Å². The Morgan fingerprint density at radius 1 is 0.300 bits per heavy atom. The Morgan fingerprint density at radius 3 is 1.52 bits per heavy atom. The van der Waals surface area contributed by atoms with Gasteiger partial charge in [0.25, 0.3) is 0 Å². The van der Waals surface area contributed by atoms with E-state index in [1.54, 1.807) is 0 Å². The Kier molecular flexibility index (Phi) is 6.46. The minimum Gasteiger partial charge on any atom is -0.228 e. The van der Waals surface area contributed by atoms with E-state index < -0.39 is 0 Å². The van der Waals surface area contributed by atoms with Crippen molar-refractivity contribution in [1.29, 1.82) is 0 Å². The minimum atomic E-state index is 0.691. The van der Waals surface area contributed by atoms with Crippen molar-refractivity contribution in [2.24, 2.45) is 0 Å². The summed E-state index contributed by atoms with van der Waals surface area (Å²) in [6.45, 7) is 0. The van der Waals surface area contributed by atoms with Crippen molar-refractivity contribution in [2.75, 3.05) is 0 Å². The zero-order chi connectivity index (χ0) is 33.0. The second-order valence-electron chi connectivity index (χ2n) is 12.7. The van der Waals surface area contributed by atoms with E-state index in [2.05, 4.69) is 115 Å². The van der Waals surface area contributed by atoms with E-state index in [9.17, 15) is 0 Å². The Balaban J connectivity index is 1.10. The lowest BCUT2D eigenvalue weighted by Crippen LogP contribution is -1.97. The van der Waals surface area contributed by atoms with Crippen molar-refractivity contribution < 1.29 is 0 Å². The van der Waals surface area contributed by atoms with Gasteiger partial charge in [0.2, 0.25) is 0 Å². The van der Waals surface area contributed by atoms with Gasteiger partial charge in [-0.25, -0.2) is 19.9 Å². The fraction of sp³-hybridized carbons (Fsp3) is 0. The molecule has 232 valence electrons. The maximum Gasteiger partial charge on any atom is 0.160 e. The van der Waals surface area contributed by atoms with Crippen molar-refractivity contribution in [3.8, 4) is 56.5 Å². The zero-order valence-electron chi connectivity index (χ0n) is 27.0. The molecule has 0 spiro atoms. The third-order valence-electron chi connectivity index (χ3n) is 9.61. The molecule has 0 amide bonds. The van der Waals surface area contributed by atoms with E-state index in [4.69, 9.17) is 19.9 Å². The van der Waals surface area contributed by atoms with Gasteiger partial charge in [-0.3, -0.25) is 0 Å². The molecule has 0 aliphatic heterocycles. The molecule has 8 aromatic carbocycles. The normalized spacial score (nSPS) is 11.6. The molecule has 0 aliphatic carbocycles. The van der Waals surface area contributed by atoms with E-state index in [-0.39, 0.29) is 0 Å². The van der Waals surface area contributed by atoms with Crippen LogP contribution < -0.4 is 0 Å². The van der Waals surface area contributed by atoms with Crippen molar-refractivity contribution in [3.63, 3.8) is 0 Å². The second-order valence-corrected chi connectivity index (χ2v) is 12.7. The molecule has 10 aromatic rings. The number of benzene rings is 8. The predicted molar refractivity (Wildman–Crippen MR) is 206 cm³/mol. The minimum absolute atomic E-state index is 0.691.